The zero-order chi connectivity index (χ0) is 15.8. The first-order chi connectivity index (χ1) is 11.2. The van der Waals surface area contributed by atoms with Gasteiger partial charge in [-0.15, -0.1) is 0 Å². The average Bonchev–Trinajstić information content (AvgIpc) is 2.89. The molecule has 4 rings (SSSR count). The topological polar surface area (TPSA) is 55.1 Å². The van der Waals surface area contributed by atoms with Crippen LogP contribution in [-0.2, 0) is 4.79 Å². The van der Waals surface area contributed by atoms with Crippen LogP contribution in [0.5, 0.6) is 0 Å². The third-order valence-electron chi connectivity index (χ3n) is 4.22. The Balaban J connectivity index is 1.61. The Bertz CT molecular complexity index is 866. The average molecular weight is 327 g/mol. The molecule has 1 aliphatic carbocycles. The number of hydrogen-bond donors (Lipinski definition) is 1. The van der Waals surface area contributed by atoms with Crippen LogP contribution in [0, 0.1) is 5.92 Å². The van der Waals surface area contributed by atoms with Crippen LogP contribution in [-0.4, -0.2) is 10.9 Å². The van der Waals surface area contributed by atoms with E-state index in [1.165, 1.54) is 0 Å². The largest absolute Gasteiger partial charge is 0.436 e. The van der Waals surface area contributed by atoms with Gasteiger partial charge in [0.25, 0.3) is 0 Å². The van der Waals surface area contributed by atoms with Gasteiger partial charge >= 0.3 is 0 Å². The quantitative estimate of drug-likeness (QED) is 0.745. The molecule has 0 spiro atoms. The number of benzene rings is 2. The number of carbonyl (C=O) groups is 1. The van der Waals surface area contributed by atoms with E-state index in [0.717, 1.165) is 36.0 Å². The molecule has 0 bridgehead atoms. The number of fused-ring (bicyclic) bond motifs is 1. The highest BCUT2D eigenvalue weighted by Crippen LogP contribution is 2.29. The van der Waals surface area contributed by atoms with Crippen molar-refractivity contribution in [1.82, 2.24) is 4.98 Å². The van der Waals surface area contributed by atoms with Gasteiger partial charge in [-0.25, -0.2) is 4.98 Å². The van der Waals surface area contributed by atoms with Gasteiger partial charge in [0.05, 0.1) is 0 Å². The summed E-state index contributed by atoms with van der Waals surface area (Å²) in [5.74, 6) is 0.795. The maximum atomic E-state index is 12.0. The highest BCUT2D eigenvalue weighted by molar-refractivity contribution is 6.30. The molecule has 4 nitrogen and oxygen atoms in total. The van der Waals surface area contributed by atoms with Crippen molar-refractivity contribution < 1.29 is 9.21 Å². The maximum absolute atomic E-state index is 12.0. The van der Waals surface area contributed by atoms with Gasteiger partial charge in [-0.3, -0.25) is 4.79 Å². The Morgan fingerprint density at radius 3 is 2.65 bits per heavy atom. The van der Waals surface area contributed by atoms with Crippen LogP contribution in [0.4, 0.5) is 5.69 Å². The minimum Gasteiger partial charge on any atom is -0.436 e. The number of nitrogens with zero attached hydrogens (tertiary/aromatic N) is 1. The number of anilines is 1. The lowest BCUT2D eigenvalue weighted by molar-refractivity contribution is -0.122. The molecule has 1 aromatic heterocycles. The standard InChI is InChI=1S/C18H15ClN2O2/c19-13-6-4-12(5-7-13)18-21-15-10-14(8-9-16(15)23-18)20-17(22)11-2-1-3-11/h4-11H,1-3H2,(H,20,22). The summed E-state index contributed by atoms with van der Waals surface area (Å²) in [5.41, 5.74) is 3.04. The van der Waals surface area contributed by atoms with Gasteiger partial charge in [0.1, 0.15) is 5.52 Å². The Morgan fingerprint density at radius 1 is 1.17 bits per heavy atom. The molecular formula is C18H15ClN2O2. The summed E-state index contributed by atoms with van der Waals surface area (Å²) in [6.45, 7) is 0. The lowest BCUT2D eigenvalue weighted by Gasteiger charge is -2.23. The lowest BCUT2D eigenvalue weighted by Crippen LogP contribution is -2.27. The van der Waals surface area contributed by atoms with Gasteiger partial charge in [-0.05, 0) is 55.3 Å². The van der Waals surface area contributed by atoms with Crippen LogP contribution in [0.15, 0.2) is 46.9 Å². The van der Waals surface area contributed by atoms with Gasteiger partial charge in [-0.2, -0.15) is 0 Å². The van der Waals surface area contributed by atoms with Crippen molar-refractivity contribution >= 4 is 34.3 Å². The predicted octanol–water partition coefficient (Wildman–Crippen LogP) is 4.89. The summed E-state index contributed by atoms with van der Waals surface area (Å²) in [6, 6.07) is 12.9. The maximum Gasteiger partial charge on any atom is 0.227 e. The fourth-order valence-electron chi connectivity index (χ4n) is 2.64. The van der Waals surface area contributed by atoms with Gasteiger partial charge in [0.2, 0.25) is 11.8 Å². The third-order valence-corrected chi connectivity index (χ3v) is 4.47. The van der Waals surface area contributed by atoms with E-state index in [9.17, 15) is 4.79 Å². The van der Waals surface area contributed by atoms with E-state index in [4.69, 9.17) is 16.0 Å². The summed E-state index contributed by atoms with van der Waals surface area (Å²) in [6.07, 6.45) is 3.11. The van der Waals surface area contributed by atoms with E-state index >= 15 is 0 Å². The van der Waals surface area contributed by atoms with Crippen LogP contribution in [0.1, 0.15) is 19.3 Å². The molecule has 1 amide bonds. The van der Waals surface area contributed by atoms with Crippen molar-refractivity contribution in [3.8, 4) is 11.5 Å². The van der Waals surface area contributed by atoms with Gasteiger partial charge in [0, 0.05) is 22.2 Å². The highest BCUT2D eigenvalue weighted by atomic mass is 35.5. The normalized spacial score (nSPS) is 14.7. The molecule has 5 heteroatoms. The number of carbonyl (C=O) groups excluding carboxylic acids is 1. The Labute approximate surface area is 138 Å². The van der Waals surface area contributed by atoms with E-state index in [1.54, 1.807) is 12.1 Å². The molecule has 1 aliphatic rings. The number of aromatic nitrogens is 1. The van der Waals surface area contributed by atoms with Crippen molar-refractivity contribution in [2.75, 3.05) is 5.32 Å². The molecule has 0 unspecified atom stereocenters. The van der Waals surface area contributed by atoms with Crippen molar-refractivity contribution in [1.29, 1.82) is 0 Å². The summed E-state index contributed by atoms with van der Waals surface area (Å²) in [4.78, 5) is 16.5. The Kier molecular flexibility index (Phi) is 3.54. The summed E-state index contributed by atoms with van der Waals surface area (Å²) < 4.78 is 5.77. The molecule has 0 aliphatic heterocycles. The van der Waals surface area contributed by atoms with Crippen molar-refractivity contribution in [3.63, 3.8) is 0 Å². The minimum absolute atomic E-state index is 0.0945. The van der Waals surface area contributed by atoms with Crippen LogP contribution >= 0.6 is 11.6 Å². The second-order valence-electron chi connectivity index (χ2n) is 5.83. The molecule has 116 valence electrons. The summed E-state index contributed by atoms with van der Waals surface area (Å²) >= 11 is 5.90. The van der Waals surface area contributed by atoms with Gasteiger partial charge in [0.15, 0.2) is 5.58 Å². The first kappa shape index (κ1) is 14.3. The van der Waals surface area contributed by atoms with E-state index in [0.29, 0.717) is 16.5 Å². The van der Waals surface area contributed by atoms with E-state index < -0.39 is 0 Å². The summed E-state index contributed by atoms with van der Waals surface area (Å²) in [7, 11) is 0. The molecule has 1 saturated carbocycles. The highest BCUT2D eigenvalue weighted by Gasteiger charge is 2.25. The molecule has 1 N–H and O–H groups in total. The molecule has 0 atom stereocenters. The van der Waals surface area contributed by atoms with Crippen LogP contribution < -0.4 is 5.32 Å². The first-order valence-electron chi connectivity index (χ1n) is 7.66. The molecule has 2 aromatic carbocycles. The molecule has 0 saturated heterocycles. The van der Waals surface area contributed by atoms with E-state index in [2.05, 4.69) is 10.3 Å². The Hall–Kier alpha value is -2.33. The Morgan fingerprint density at radius 2 is 1.96 bits per heavy atom. The second-order valence-corrected chi connectivity index (χ2v) is 6.26. The molecule has 0 radical (unpaired) electrons. The van der Waals surface area contributed by atoms with Gasteiger partial charge < -0.3 is 9.73 Å². The van der Waals surface area contributed by atoms with E-state index in [1.807, 2.05) is 30.3 Å². The number of nitrogens with one attached hydrogen (secondary N) is 1. The molecule has 23 heavy (non-hydrogen) atoms. The predicted molar refractivity (Wildman–Crippen MR) is 90.4 cm³/mol. The number of oxazole rings is 1. The lowest BCUT2D eigenvalue weighted by atomic mass is 9.85. The van der Waals surface area contributed by atoms with Crippen LogP contribution in [0.3, 0.4) is 0 Å². The van der Waals surface area contributed by atoms with Crippen molar-refractivity contribution in [3.05, 3.63) is 47.5 Å². The molecule has 1 heterocycles. The van der Waals surface area contributed by atoms with Crippen LogP contribution in [0.2, 0.25) is 5.02 Å². The monoisotopic (exact) mass is 326 g/mol. The zero-order valence-electron chi connectivity index (χ0n) is 12.4. The molecule has 3 aromatic rings. The zero-order valence-corrected chi connectivity index (χ0v) is 13.1. The number of hydrogen-bond acceptors (Lipinski definition) is 3. The second kappa shape index (κ2) is 5.70. The summed E-state index contributed by atoms with van der Waals surface area (Å²) in [5, 5.41) is 3.63. The fourth-order valence-corrected chi connectivity index (χ4v) is 2.76. The first-order valence-corrected chi connectivity index (χ1v) is 8.04. The fraction of sp³-hybridized carbons (Fsp3) is 0.222. The van der Waals surface area contributed by atoms with E-state index in [-0.39, 0.29) is 11.8 Å². The smallest absolute Gasteiger partial charge is 0.227 e. The third kappa shape index (κ3) is 2.82. The van der Waals surface area contributed by atoms with Gasteiger partial charge in [-0.1, -0.05) is 18.0 Å². The number of halogens is 1. The number of amides is 1. The molecular weight excluding hydrogens is 312 g/mol. The van der Waals surface area contributed by atoms with Crippen molar-refractivity contribution in [2.45, 2.75) is 19.3 Å². The SMILES string of the molecule is O=C(Nc1ccc2oc(-c3ccc(Cl)cc3)nc2c1)C1CCC1. The molecule has 1 fully saturated rings. The van der Waals surface area contributed by atoms with Crippen molar-refractivity contribution in [2.24, 2.45) is 5.92 Å². The van der Waals surface area contributed by atoms with Crippen LogP contribution in [0.25, 0.3) is 22.6 Å². The number of rotatable bonds is 3. The minimum atomic E-state index is 0.0945.